The molecule has 0 saturated heterocycles. The zero-order chi connectivity index (χ0) is 38.2. The van der Waals surface area contributed by atoms with Gasteiger partial charge >= 0.3 is 0 Å². The van der Waals surface area contributed by atoms with Gasteiger partial charge in [0.2, 0.25) is 0 Å². The lowest BCUT2D eigenvalue weighted by Gasteiger charge is -2.26. The molecule has 0 bridgehead atoms. The predicted molar refractivity (Wildman–Crippen MR) is 243 cm³/mol. The van der Waals surface area contributed by atoms with Gasteiger partial charge in [0.15, 0.2) is 0 Å². The Balaban J connectivity index is 1.14. The number of hydrogen-bond donors (Lipinski definition) is 0. The van der Waals surface area contributed by atoms with Crippen molar-refractivity contribution in [3.8, 4) is 22.5 Å². The Morgan fingerprint density at radius 1 is 0.328 bits per heavy atom. The molecule has 0 N–H and O–H groups in total. The monoisotopic (exact) mass is 741 g/mol. The molecule has 9 aromatic carbocycles. The normalized spacial score (nSPS) is 11.8. The molecule has 0 fully saturated rings. The molecule has 12 aromatic rings. The third-order valence-corrected chi connectivity index (χ3v) is 11.8. The van der Waals surface area contributed by atoms with E-state index in [1.165, 1.54) is 54.2 Å². The molecule has 0 aliphatic heterocycles. The number of fused-ring (bicyclic) bond motifs is 9. The zero-order valence-corrected chi connectivity index (χ0v) is 31.5. The summed E-state index contributed by atoms with van der Waals surface area (Å²) in [6.07, 6.45) is 3.58. The fourth-order valence-electron chi connectivity index (χ4n) is 9.14. The Labute approximate surface area is 334 Å². The average Bonchev–Trinajstić information content (AvgIpc) is 4.02. The zero-order valence-electron chi connectivity index (χ0n) is 31.5. The van der Waals surface area contributed by atoms with Crippen LogP contribution >= 0.6 is 0 Å². The minimum absolute atomic E-state index is 1.01. The molecule has 58 heavy (non-hydrogen) atoms. The largest absolute Gasteiger partial charge is 0.470 e. The van der Waals surface area contributed by atoms with Crippen molar-refractivity contribution in [3.05, 3.63) is 213 Å². The van der Waals surface area contributed by atoms with Gasteiger partial charge in [-0.15, -0.1) is 0 Å². The van der Waals surface area contributed by atoms with Gasteiger partial charge in [-0.3, -0.25) is 0 Å². The average molecular weight is 742 g/mol. The lowest BCUT2D eigenvalue weighted by Crippen LogP contribution is -2.10. The van der Waals surface area contributed by atoms with Crippen LogP contribution in [0.15, 0.2) is 217 Å². The number of anilines is 3. The van der Waals surface area contributed by atoms with Gasteiger partial charge in [0, 0.05) is 50.4 Å². The first kappa shape index (κ1) is 32.4. The van der Waals surface area contributed by atoms with Gasteiger partial charge in [-0.25, -0.2) is 0 Å². The maximum absolute atomic E-state index is 5.63. The summed E-state index contributed by atoms with van der Waals surface area (Å²) in [4.78, 5) is 2.40. The lowest BCUT2D eigenvalue weighted by atomic mass is 10.0. The van der Waals surface area contributed by atoms with Gasteiger partial charge in [0.25, 0.3) is 0 Å². The highest BCUT2D eigenvalue weighted by atomic mass is 16.3. The molecule has 4 heteroatoms. The van der Waals surface area contributed by atoms with E-state index in [4.69, 9.17) is 4.42 Å². The van der Waals surface area contributed by atoms with Crippen molar-refractivity contribution >= 4 is 82.2 Å². The summed E-state index contributed by atoms with van der Waals surface area (Å²) in [6.45, 7) is 0. The van der Waals surface area contributed by atoms with Crippen molar-refractivity contribution in [1.82, 2.24) is 9.13 Å². The summed E-state index contributed by atoms with van der Waals surface area (Å²) in [6, 6.07) is 72.7. The van der Waals surface area contributed by atoms with Crippen LogP contribution in [0.1, 0.15) is 0 Å². The third kappa shape index (κ3) is 5.02. The van der Waals surface area contributed by atoms with Crippen LogP contribution in [0.25, 0.3) is 87.7 Å². The van der Waals surface area contributed by atoms with Crippen LogP contribution in [-0.4, -0.2) is 9.13 Å². The number of hydrogen-bond acceptors (Lipinski definition) is 2. The third-order valence-electron chi connectivity index (χ3n) is 11.8. The summed E-state index contributed by atoms with van der Waals surface area (Å²) in [5.41, 5.74) is 12.4. The molecule has 3 aromatic heterocycles. The molecule has 0 atom stereocenters. The fraction of sp³-hybridized carbons (Fsp3) is 0. The molecule has 0 unspecified atom stereocenters. The first-order valence-corrected chi connectivity index (χ1v) is 19.7. The van der Waals surface area contributed by atoms with Gasteiger partial charge in [-0.1, -0.05) is 121 Å². The second kappa shape index (κ2) is 12.9. The van der Waals surface area contributed by atoms with Crippen molar-refractivity contribution in [2.45, 2.75) is 0 Å². The van der Waals surface area contributed by atoms with Crippen molar-refractivity contribution in [1.29, 1.82) is 0 Å². The van der Waals surface area contributed by atoms with Crippen LogP contribution in [0.3, 0.4) is 0 Å². The summed E-state index contributed by atoms with van der Waals surface area (Å²) in [5.74, 6) is 0. The summed E-state index contributed by atoms with van der Waals surface area (Å²) in [5, 5.41) is 9.72. The highest BCUT2D eigenvalue weighted by Crippen LogP contribution is 2.44. The minimum atomic E-state index is 1.01. The van der Waals surface area contributed by atoms with Crippen molar-refractivity contribution in [2.24, 2.45) is 0 Å². The highest BCUT2D eigenvalue weighted by Gasteiger charge is 2.21. The number of rotatable bonds is 6. The van der Waals surface area contributed by atoms with Crippen LogP contribution < -0.4 is 4.90 Å². The first-order valence-electron chi connectivity index (χ1n) is 19.7. The highest BCUT2D eigenvalue weighted by molar-refractivity contribution is 6.19. The Morgan fingerprint density at radius 2 is 0.862 bits per heavy atom. The van der Waals surface area contributed by atoms with Crippen molar-refractivity contribution in [2.75, 3.05) is 4.90 Å². The Bertz CT molecular complexity index is 3490. The van der Waals surface area contributed by atoms with Crippen LogP contribution in [0, 0.1) is 0 Å². The van der Waals surface area contributed by atoms with Crippen LogP contribution in [0.5, 0.6) is 0 Å². The van der Waals surface area contributed by atoms with E-state index in [0.29, 0.717) is 0 Å². The van der Waals surface area contributed by atoms with E-state index in [9.17, 15) is 0 Å². The molecule has 3 heterocycles. The Hall–Kier alpha value is -7.82. The van der Waals surface area contributed by atoms with Crippen LogP contribution in [0.4, 0.5) is 17.1 Å². The number of furan rings is 1. The molecule has 0 aliphatic rings. The molecule has 0 amide bonds. The Kier molecular flexibility index (Phi) is 7.20. The van der Waals surface area contributed by atoms with Gasteiger partial charge in [0.05, 0.1) is 34.0 Å². The molecular weight excluding hydrogens is 707 g/mol. The van der Waals surface area contributed by atoms with Gasteiger partial charge in [0.1, 0.15) is 6.26 Å². The van der Waals surface area contributed by atoms with Crippen LogP contribution in [-0.2, 0) is 0 Å². The topological polar surface area (TPSA) is 26.2 Å². The molecule has 4 nitrogen and oxygen atoms in total. The number of para-hydroxylation sites is 2. The number of benzene rings is 9. The minimum Gasteiger partial charge on any atom is -0.470 e. The van der Waals surface area contributed by atoms with Crippen LogP contribution in [0.2, 0.25) is 0 Å². The quantitative estimate of drug-likeness (QED) is 0.159. The second-order valence-corrected chi connectivity index (χ2v) is 15.0. The summed E-state index contributed by atoms with van der Waals surface area (Å²) < 4.78 is 10.4. The van der Waals surface area contributed by atoms with E-state index in [-0.39, 0.29) is 0 Å². The number of aromatic nitrogens is 2. The van der Waals surface area contributed by atoms with E-state index in [0.717, 1.165) is 50.5 Å². The van der Waals surface area contributed by atoms with Crippen molar-refractivity contribution < 1.29 is 4.42 Å². The molecule has 0 aliphatic carbocycles. The Morgan fingerprint density at radius 3 is 1.62 bits per heavy atom. The van der Waals surface area contributed by atoms with E-state index in [1.54, 1.807) is 6.26 Å². The van der Waals surface area contributed by atoms with E-state index in [1.807, 2.05) is 12.3 Å². The molecule has 12 rings (SSSR count). The van der Waals surface area contributed by atoms with Gasteiger partial charge in [-0.2, -0.15) is 0 Å². The summed E-state index contributed by atoms with van der Waals surface area (Å²) in [7, 11) is 0. The van der Waals surface area contributed by atoms with E-state index >= 15 is 0 Å². The maximum atomic E-state index is 5.63. The van der Waals surface area contributed by atoms with E-state index in [2.05, 4.69) is 208 Å². The fourth-order valence-corrected chi connectivity index (χ4v) is 9.14. The molecular formula is C54H35N3O. The lowest BCUT2D eigenvalue weighted by molar-refractivity contribution is 0.566. The number of nitrogens with zero attached hydrogens (tertiary/aromatic N) is 3. The smallest absolute Gasteiger partial charge is 0.114 e. The van der Waals surface area contributed by atoms with Gasteiger partial charge in [-0.05, 0) is 105 Å². The van der Waals surface area contributed by atoms with Gasteiger partial charge < -0.3 is 18.5 Å². The summed E-state index contributed by atoms with van der Waals surface area (Å²) >= 11 is 0. The SMILES string of the molecule is c1ccc(-c2ccc(N(c3ccc4ccc5ccccc5c4c3)c3ccc4c(c3)c3cc5c(cc3n4-c3ccccc3)c3ccccc3n5-c3ccoc3)cc2)cc1. The van der Waals surface area contributed by atoms with Crippen molar-refractivity contribution in [3.63, 3.8) is 0 Å². The first-order chi connectivity index (χ1) is 28.8. The predicted octanol–water partition coefficient (Wildman–Crippen LogP) is 14.9. The second-order valence-electron chi connectivity index (χ2n) is 15.0. The standard InChI is InChI=1S/C54H35N3O/c1-3-11-36(12-4-1)37-21-24-41(25-22-37)55(42-26-23-39-20-19-38-13-7-8-16-45(38)47(39)31-42)43-27-28-52-48(32-43)50-34-53-49(33-54(50)56(52)40-14-5-2-6-15-40)46-17-9-10-18-51(46)57(53)44-29-30-58-35-44/h1-35H. The molecule has 0 spiro atoms. The molecule has 0 saturated carbocycles. The van der Waals surface area contributed by atoms with E-state index < -0.39 is 0 Å². The molecule has 0 radical (unpaired) electrons. The maximum Gasteiger partial charge on any atom is 0.114 e. The molecule has 272 valence electrons.